The number of rotatable bonds is 6. The van der Waals surface area contributed by atoms with Crippen LogP contribution in [0, 0.1) is 5.92 Å². The standard InChI is InChI=1S/C15H22N2O2/c16-10-14-4-2-1-3-13(14)9-15(18)17-7-5-12-6-8-19-11-12/h1-4,12H,5-11,16H2,(H,17,18). The van der Waals surface area contributed by atoms with Gasteiger partial charge in [0.1, 0.15) is 0 Å². The Kier molecular flexibility index (Phi) is 5.36. The number of hydrogen-bond acceptors (Lipinski definition) is 3. The fraction of sp³-hybridized carbons (Fsp3) is 0.533. The summed E-state index contributed by atoms with van der Waals surface area (Å²) in [5.74, 6) is 0.677. The average molecular weight is 262 g/mol. The van der Waals surface area contributed by atoms with Crippen molar-refractivity contribution >= 4 is 5.91 Å². The predicted molar refractivity (Wildman–Crippen MR) is 74.6 cm³/mol. The predicted octanol–water partition coefficient (Wildman–Crippen LogP) is 1.23. The lowest BCUT2D eigenvalue weighted by atomic mass is 10.0. The van der Waals surface area contributed by atoms with Gasteiger partial charge in [0.25, 0.3) is 0 Å². The fourth-order valence-electron chi connectivity index (χ4n) is 2.39. The molecule has 1 aromatic carbocycles. The highest BCUT2D eigenvalue weighted by Crippen LogP contribution is 2.15. The van der Waals surface area contributed by atoms with Crippen LogP contribution in [0.4, 0.5) is 0 Å². The molecule has 0 bridgehead atoms. The van der Waals surface area contributed by atoms with Crippen molar-refractivity contribution in [3.05, 3.63) is 35.4 Å². The van der Waals surface area contributed by atoms with Crippen molar-refractivity contribution in [3.63, 3.8) is 0 Å². The van der Waals surface area contributed by atoms with Gasteiger partial charge in [-0.3, -0.25) is 4.79 Å². The lowest BCUT2D eigenvalue weighted by molar-refractivity contribution is -0.120. The molecule has 1 aromatic rings. The molecule has 1 saturated heterocycles. The number of carbonyl (C=O) groups is 1. The molecule has 104 valence electrons. The minimum atomic E-state index is 0.0693. The van der Waals surface area contributed by atoms with Crippen molar-refractivity contribution in [2.24, 2.45) is 11.7 Å². The number of benzene rings is 1. The zero-order chi connectivity index (χ0) is 13.5. The lowest BCUT2D eigenvalue weighted by Gasteiger charge is -2.10. The molecule has 0 saturated carbocycles. The van der Waals surface area contributed by atoms with E-state index in [1.165, 1.54) is 0 Å². The van der Waals surface area contributed by atoms with Crippen LogP contribution in [0.25, 0.3) is 0 Å². The highest BCUT2D eigenvalue weighted by Gasteiger charge is 2.15. The van der Waals surface area contributed by atoms with Crippen molar-refractivity contribution < 1.29 is 9.53 Å². The molecular weight excluding hydrogens is 240 g/mol. The van der Waals surface area contributed by atoms with Gasteiger partial charge in [0.2, 0.25) is 5.91 Å². The zero-order valence-electron chi connectivity index (χ0n) is 11.2. The van der Waals surface area contributed by atoms with Crippen LogP contribution < -0.4 is 11.1 Å². The van der Waals surface area contributed by atoms with Gasteiger partial charge in [0.05, 0.1) is 6.42 Å². The molecule has 0 aromatic heterocycles. The van der Waals surface area contributed by atoms with Crippen molar-refractivity contribution in [3.8, 4) is 0 Å². The van der Waals surface area contributed by atoms with E-state index in [-0.39, 0.29) is 5.91 Å². The zero-order valence-corrected chi connectivity index (χ0v) is 11.2. The van der Waals surface area contributed by atoms with E-state index in [0.717, 1.165) is 43.7 Å². The Bertz CT molecular complexity index is 414. The van der Waals surface area contributed by atoms with E-state index in [1.807, 2.05) is 24.3 Å². The molecule has 2 rings (SSSR count). The summed E-state index contributed by atoms with van der Waals surface area (Å²) in [6, 6.07) is 7.83. The normalized spacial score (nSPS) is 18.5. The maximum atomic E-state index is 11.9. The smallest absolute Gasteiger partial charge is 0.224 e. The number of carbonyl (C=O) groups excluding carboxylic acids is 1. The summed E-state index contributed by atoms with van der Waals surface area (Å²) in [4.78, 5) is 11.9. The second-order valence-electron chi connectivity index (χ2n) is 5.02. The van der Waals surface area contributed by atoms with Crippen LogP contribution >= 0.6 is 0 Å². The first-order valence-corrected chi connectivity index (χ1v) is 6.91. The summed E-state index contributed by atoms with van der Waals surface area (Å²) in [7, 11) is 0. The number of nitrogens with two attached hydrogens (primary N) is 1. The van der Waals surface area contributed by atoms with Crippen LogP contribution in [0.15, 0.2) is 24.3 Å². The molecule has 1 aliphatic heterocycles. The van der Waals surface area contributed by atoms with Crippen LogP contribution in [0.5, 0.6) is 0 Å². The summed E-state index contributed by atoms with van der Waals surface area (Å²) >= 11 is 0. The summed E-state index contributed by atoms with van der Waals surface area (Å²) in [5.41, 5.74) is 7.73. The lowest BCUT2D eigenvalue weighted by Crippen LogP contribution is -2.28. The fourth-order valence-corrected chi connectivity index (χ4v) is 2.39. The van der Waals surface area contributed by atoms with Crippen LogP contribution in [0.1, 0.15) is 24.0 Å². The van der Waals surface area contributed by atoms with E-state index >= 15 is 0 Å². The molecule has 1 atom stereocenters. The molecule has 1 fully saturated rings. The SMILES string of the molecule is NCc1ccccc1CC(=O)NCCC1CCOC1. The number of nitrogens with one attached hydrogen (secondary N) is 1. The monoisotopic (exact) mass is 262 g/mol. The Hall–Kier alpha value is -1.39. The maximum absolute atomic E-state index is 11.9. The van der Waals surface area contributed by atoms with Crippen molar-refractivity contribution in [2.75, 3.05) is 19.8 Å². The molecule has 0 radical (unpaired) electrons. The van der Waals surface area contributed by atoms with E-state index in [0.29, 0.717) is 18.9 Å². The molecule has 4 heteroatoms. The Balaban J connectivity index is 1.74. The Labute approximate surface area is 114 Å². The van der Waals surface area contributed by atoms with Gasteiger partial charge >= 0.3 is 0 Å². The van der Waals surface area contributed by atoms with Gasteiger partial charge in [-0.15, -0.1) is 0 Å². The number of hydrogen-bond donors (Lipinski definition) is 2. The average Bonchev–Trinajstić information content (AvgIpc) is 2.92. The van der Waals surface area contributed by atoms with Gasteiger partial charge in [-0.25, -0.2) is 0 Å². The molecule has 0 aliphatic carbocycles. The van der Waals surface area contributed by atoms with Crippen molar-refractivity contribution in [1.29, 1.82) is 0 Å². The van der Waals surface area contributed by atoms with Crippen LogP contribution in [0.3, 0.4) is 0 Å². The van der Waals surface area contributed by atoms with Gasteiger partial charge in [0.15, 0.2) is 0 Å². The third-order valence-electron chi connectivity index (χ3n) is 3.59. The molecule has 1 aliphatic rings. The highest BCUT2D eigenvalue weighted by atomic mass is 16.5. The largest absolute Gasteiger partial charge is 0.381 e. The van der Waals surface area contributed by atoms with Crippen LogP contribution in [0.2, 0.25) is 0 Å². The third-order valence-corrected chi connectivity index (χ3v) is 3.59. The van der Waals surface area contributed by atoms with E-state index in [9.17, 15) is 4.79 Å². The van der Waals surface area contributed by atoms with E-state index in [2.05, 4.69) is 5.32 Å². The summed E-state index contributed by atoms with van der Waals surface area (Å²) in [6.07, 6.45) is 2.53. The number of ether oxygens (including phenoxy) is 1. The van der Waals surface area contributed by atoms with Crippen molar-refractivity contribution in [2.45, 2.75) is 25.8 Å². The molecule has 0 spiro atoms. The minimum Gasteiger partial charge on any atom is -0.381 e. The van der Waals surface area contributed by atoms with Gasteiger partial charge in [-0.05, 0) is 29.9 Å². The molecule has 1 unspecified atom stereocenters. The summed E-state index contributed by atoms with van der Waals surface area (Å²) in [5, 5.41) is 2.97. The molecule has 19 heavy (non-hydrogen) atoms. The molecule has 3 N–H and O–H groups in total. The second kappa shape index (κ2) is 7.26. The molecular formula is C15H22N2O2. The van der Waals surface area contributed by atoms with Gasteiger partial charge < -0.3 is 15.8 Å². The van der Waals surface area contributed by atoms with E-state index in [4.69, 9.17) is 10.5 Å². The first kappa shape index (κ1) is 14.0. The Morgan fingerprint density at radius 2 is 2.16 bits per heavy atom. The molecule has 1 amide bonds. The van der Waals surface area contributed by atoms with Crippen LogP contribution in [-0.2, 0) is 22.5 Å². The number of amides is 1. The van der Waals surface area contributed by atoms with Crippen LogP contribution in [-0.4, -0.2) is 25.7 Å². The van der Waals surface area contributed by atoms with Gasteiger partial charge in [-0.2, -0.15) is 0 Å². The van der Waals surface area contributed by atoms with E-state index in [1.54, 1.807) is 0 Å². The first-order chi connectivity index (χ1) is 9.29. The molecule has 4 nitrogen and oxygen atoms in total. The van der Waals surface area contributed by atoms with E-state index < -0.39 is 0 Å². The van der Waals surface area contributed by atoms with Crippen molar-refractivity contribution in [1.82, 2.24) is 5.32 Å². The highest BCUT2D eigenvalue weighted by molar-refractivity contribution is 5.78. The topological polar surface area (TPSA) is 64.4 Å². The molecule has 1 heterocycles. The Morgan fingerprint density at radius 3 is 2.84 bits per heavy atom. The third kappa shape index (κ3) is 4.33. The second-order valence-corrected chi connectivity index (χ2v) is 5.02. The quantitative estimate of drug-likeness (QED) is 0.810. The summed E-state index contributed by atoms with van der Waals surface area (Å²) in [6.45, 7) is 2.91. The van der Waals surface area contributed by atoms with Gasteiger partial charge in [-0.1, -0.05) is 24.3 Å². The maximum Gasteiger partial charge on any atom is 0.224 e. The minimum absolute atomic E-state index is 0.0693. The first-order valence-electron chi connectivity index (χ1n) is 6.91. The van der Waals surface area contributed by atoms with Gasteiger partial charge in [0, 0.05) is 26.3 Å². The summed E-state index contributed by atoms with van der Waals surface area (Å²) < 4.78 is 5.31. The Morgan fingerprint density at radius 1 is 1.37 bits per heavy atom.